The van der Waals surface area contributed by atoms with E-state index < -0.39 is 22.7 Å². The minimum Gasteiger partial charge on any atom is -0.466 e. The zero-order chi connectivity index (χ0) is 22.2. The molecular weight excluding hydrogens is 390 g/mol. The second-order valence-electron chi connectivity index (χ2n) is 8.70. The van der Waals surface area contributed by atoms with Crippen molar-refractivity contribution in [3.63, 3.8) is 0 Å². The predicted octanol–water partition coefficient (Wildman–Crippen LogP) is 3.58. The number of carbonyl (C=O) groups excluding carboxylic acids is 2. The van der Waals surface area contributed by atoms with Crippen molar-refractivity contribution in [2.24, 2.45) is 16.7 Å². The van der Waals surface area contributed by atoms with E-state index in [1.165, 1.54) is 11.8 Å². The summed E-state index contributed by atoms with van der Waals surface area (Å²) in [5.41, 5.74) is -0.826. The third-order valence-electron chi connectivity index (χ3n) is 6.57. The number of rotatable bonds is 5. The summed E-state index contributed by atoms with van der Waals surface area (Å²) in [6.45, 7) is 10.0. The maximum Gasteiger partial charge on any atom is 0.310 e. The van der Waals surface area contributed by atoms with Gasteiger partial charge in [-0.05, 0) is 19.4 Å². The molecule has 0 N–H and O–H groups in total. The molecular formula is C23H32F2N2O3. The van der Waals surface area contributed by atoms with Crippen molar-refractivity contribution in [1.82, 2.24) is 9.80 Å². The van der Waals surface area contributed by atoms with Gasteiger partial charge in [0.15, 0.2) is 0 Å². The molecule has 2 unspecified atom stereocenters. The van der Waals surface area contributed by atoms with E-state index in [2.05, 4.69) is 4.90 Å². The minimum absolute atomic E-state index is 0.256. The molecule has 1 aromatic carbocycles. The van der Waals surface area contributed by atoms with E-state index in [-0.39, 0.29) is 18.3 Å². The largest absolute Gasteiger partial charge is 0.466 e. The van der Waals surface area contributed by atoms with Gasteiger partial charge in [0.25, 0.3) is 5.92 Å². The Morgan fingerprint density at radius 2 is 1.73 bits per heavy atom. The molecule has 1 spiro atoms. The van der Waals surface area contributed by atoms with Gasteiger partial charge in [0.2, 0.25) is 5.91 Å². The summed E-state index contributed by atoms with van der Waals surface area (Å²) in [6, 6.07) is 9.99. The molecule has 0 bridgehead atoms. The SMILES string of the molecule is CC.CCOC(=O)C1CN(Cc2ccccc2)CC12CN(C(=O)C1(C)CC1(F)F)C2. The number of carbonyl (C=O) groups is 2. The molecule has 1 amide bonds. The molecule has 166 valence electrons. The molecule has 1 aliphatic carbocycles. The monoisotopic (exact) mass is 422 g/mol. The quantitative estimate of drug-likeness (QED) is 0.681. The Balaban J connectivity index is 0.00000124. The summed E-state index contributed by atoms with van der Waals surface area (Å²) < 4.78 is 32.5. The number of hydrogen-bond donors (Lipinski definition) is 0. The van der Waals surface area contributed by atoms with Crippen LogP contribution in [0.4, 0.5) is 8.78 Å². The third-order valence-corrected chi connectivity index (χ3v) is 6.57. The van der Waals surface area contributed by atoms with Crippen LogP contribution in [-0.2, 0) is 20.9 Å². The first kappa shape index (κ1) is 22.7. The normalized spacial score (nSPS) is 28.3. The Labute approximate surface area is 177 Å². The number of esters is 1. The lowest BCUT2D eigenvalue weighted by molar-refractivity contribution is -0.165. The van der Waals surface area contributed by atoms with Crippen molar-refractivity contribution >= 4 is 11.9 Å². The van der Waals surface area contributed by atoms with Crippen molar-refractivity contribution in [3.8, 4) is 0 Å². The summed E-state index contributed by atoms with van der Waals surface area (Å²) in [6.07, 6.45) is -0.385. The molecule has 7 heteroatoms. The van der Waals surface area contributed by atoms with Crippen molar-refractivity contribution in [2.75, 3.05) is 32.8 Å². The first-order chi connectivity index (χ1) is 14.2. The zero-order valence-electron chi connectivity index (χ0n) is 18.3. The van der Waals surface area contributed by atoms with Gasteiger partial charge in [-0.15, -0.1) is 0 Å². The lowest BCUT2D eigenvalue weighted by atomic mass is 9.71. The highest BCUT2D eigenvalue weighted by Gasteiger charge is 2.74. The third kappa shape index (κ3) is 3.84. The Hall–Kier alpha value is -2.02. The fourth-order valence-electron chi connectivity index (χ4n) is 4.76. The van der Waals surface area contributed by atoms with E-state index >= 15 is 0 Å². The van der Waals surface area contributed by atoms with Gasteiger partial charge >= 0.3 is 5.97 Å². The molecule has 4 rings (SSSR count). The van der Waals surface area contributed by atoms with Crippen LogP contribution in [0.1, 0.15) is 39.7 Å². The van der Waals surface area contributed by atoms with Gasteiger partial charge < -0.3 is 9.64 Å². The molecule has 1 saturated carbocycles. The summed E-state index contributed by atoms with van der Waals surface area (Å²) in [5.74, 6) is -4.00. The van der Waals surface area contributed by atoms with Gasteiger partial charge in [0.05, 0.1) is 12.5 Å². The summed E-state index contributed by atoms with van der Waals surface area (Å²) in [4.78, 5) is 28.8. The number of halogens is 2. The smallest absolute Gasteiger partial charge is 0.310 e. The molecule has 30 heavy (non-hydrogen) atoms. The fraction of sp³-hybridized carbons (Fsp3) is 0.652. The van der Waals surface area contributed by atoms with Gasteiger partial charge in [0, 0.05) is 44.6 Å². The molecule has 3 fully saturated rings. The van der Waals surface area contributed by atoms with Crippen molar-refractivity contribution in [2.45, 2.75) is 46.6 Å². The Morgan fingerprint density at radius 1 is 1.13 bits per heavy atom. The summed E-state index contributed by atoms with van der Waals surface area (Å²) >= 11 is 0. The van der Waals surface area contributed by atoms with Crippen molar-refractivity contribution in [1.29, 1.82) is 0 Å². The van der Waals surface area contributed by atoms with E-state index in [1.807, 2.05) is 44.2 Å². The Bertz CT molecular complexity index is 780. The van der Waals surface area contributed by atoms with Gasteiger partial charge in [-0.1, -0.05) is 44.2 Å². The highest BCUT2D eigenvalue weighted by Crippen LogP contribution is 2.62. The van der Waals surface area contributed by atoms with Crippen molar-refractivity contribution in [3.05, 3.63) is 35.9 Å². The van der Waals surface area contributed by atoms with Gasteiger partial charge in [0.1, 0.15) is 5.41 Å². The van der Waals surface area contributed by atoms with Gasteiger partial charge in [-0.2, -0.15) is 0 Å². The summed E-state index contributed by atoms with van der Waals surface area (Å²) in [7, 11) is 0. The maximum absolute atomic E-state index is 13.6. The first-order valence-electron chi connectivity index (χ1n) is 10.8. The van der Waals surface area contributed by atoms with Crippen LogP contribution in [0.25, 0.3) is 0 Å². The molecule has 5 nitrogen and oxygen atoms in total. The Morgan fingerprint density at radius 3 is 2.27 bits per heavy atom. The Kier molecular flexibility index (Phi) is 6.23. The molecule has 2 aliphatic heterocycles. The number of ether oxygens (including phenoxy) is 1. The standard InChI is InChI=1S/C21H26F2N2O3.C2H6/c1-3-28-17(26)16-10-24(9-15-7-5-4-6-8-15)12-20(16)13-25(14-20)18(27)19(2)11-21(19,22)23;1-2/h4-8,16H,3,9-14H2,1-2H3;1-2H3. The average Bonchev–Trinajstić information content (AvgIpc) is 3.04. The number of alkyl halides is 2. The first-order valence-corrected chi connectivity index (χ1v) is 10.8. The molecule has 2 saturated heterocycles. The van der Waals surface area contributed by atoms with Crippen LogP contribution >= 0.6 is 0 Å². The van der Waals surface area contributed by atoms with Crippen LogP contribution in [0.3, 0.4) is 0 Å². The molecule has 2 heterocycles. The number of nitrogens with zero attached hydrogens (tertiary/aromatic N) is 2. The molecule has 2 atom stereocenters. The second-order valence-corrected chi connectivity index (χ2v) is 8.70. The molecule has 0 radical (unpaired) electrons. The molecule has 3 aliphatic rings. The van der Waals surface area contributed by atoms with E-state index in [9.17, 15) is 18.4 Å². The van der Waals surface area contributed by atoms with E-state index in [0.29, 0.717) is 39.3 Å². The van der Waals surface area contributed by atoms with Gasteiger partial charge in [-0.3, -0.25) is 14.5 Å². The second kappa shape index (κ2) is 8.25. The maximum atomic E-state index is 13.6. The predicted molar refractivity (Wildman–Crippen MR) is 110 cm³/mol. The highest BCUT2D eigenvalue weighted by molar-refractivity contribution is 5.88. The highest BCUT2D eigenvalue weighted by atomic mass is 19.3. The van der Waals surface area contributed by atoms with Crippen molar-refractivity contribution < 1.29 is 23.1 Å². The van der Waals surface area contributed by atoms with Gasteiger partial charge in [-0.25, -0.2) is 8.78 Å². The van der Waals surface area contributed by atoms with Crippen LogP contribution in [0.15, 0.2) is 30.3 Å². The van der Waals surface area contributed by atoms with E-state index in [1.54, 1.807) is 6.92 Å². The average molecular weight is 423 g/mol. The zero-order valence-corrected chi connectivity index (χ0v) is 18.3. The van der Waals surface area contributed by atoms with E-state index in [4.69, 9.17) is 4.74 Å². The van der Waals surface area contributed by atoms with Crippen LogP contribution in [0, 0.1) is 16.7 Å². The van der Waals surface area contributed by atoms with E-state index in [0.717, 1.165) is 5.56 Å². The lowest BCUT2D eigenvalue weighted by Gasteiger charge is -2.51. The lowest BCUT2D eigenvalue weighted by Crippen LogP contribution is -2.64. The number of amides is 1. The number of hydrogen-bond acceptors (Lipinski definition) is 4. The summed E-state index contributed by atoms with van der Waals surface area (Å²) in [5, 5.41) is 0. The van der Waals surface area contributed by atoms with Crippen LogP contribution < -0.4 is 0 Å². The fourth-order valence-corrected chi connectivity index (χ4v) is 4.76. The van der Waals surface area contributed by atoms with Crippen LogP contribution in [-0.4, -0.2) is 60.4 Å². The molecule has 1 aromatic rings. The molecule has 0 aromatic heterocycles. The van der Waals surface area contributed by atoms with Crippen LogP contribution in [0.2, 0.25) is 0 Å². The van der Waals surface area contributed by atoms with Crippen LogP contribution in [0.5, 0.6) is 0 Å². The minimum atomic E-state index is -2.91. The number of benzene rings is 1. The number of likely N-dealkylation sites (tertiary alicyclic amines) is 2. The topological polar surface area (TPSA) is 49.9 Å².